The maximum Gasteiger partial charge on any atom is 0.287 e. The lowest BCUT2D eigenvalue weighted by atomic mass is 10.0. The summed E-state index contributed by atoms with van der Waals surface area (Å²) in [6.07, 6.45) is 3.08. The van der Waals surface area contributed by atoms with Crippen molar-refractivity contribution in [1.29, 1.82) is 0 Å². The van der Waals surface area contributed by atoms with Crippen molar-refractivity contribution in [3.8, 4) is 0 Å². The van der Waals surface area contributed by atoms with Gasteiger partial charge in [0.2, 0.25) is 0 Å². The van der Waals surface area contributed by atoms with Gasteiger partial charge < -0.3 is 5.32 Å². The molecule has 21 heavy (non-hydrogen) atoms. The standard InChI is InChI=1S/C16H19N3O2/c1-2-10-17-16(13-6-4-3-5-7-13)11-14-8-9-15(12-18-14)19(20)21/h3-9,12,16-17H,2,10-11H2,1H3. The number of aromatic nitrogens is 1. The van der Waals surface area contributed by atoms with E-state index in [-0.39, 0.29) is 11.7 Å². The van der Waals surface area contributed by atoms with Crippen LogP contribution in [0.25, 0.3) is 0 Å². The van der Waals surface area contributed by atoms with E-state index in [9.17, 15) is 10.1 Å². The van der Waals surface area contributed by atoms with E-state index in [2.05, 4.69) is 29.4 Å². The minimum absolute atomic E-state index is 0.0246. The van der Waals surface area contributed by atoms with E-state index in [1.807, 2.05) is 18.2 Å². The van der Waals surface area contributed by atoms with Crippen LogP contribution in [-0.4, -0.2) is 16.5 Å². The van der Waals surface area contributed by atoms with Crippen molar-refractivity contribution >= 4 is 5.69 Å². The predicted molar refractivity (Wildman–Crippen MR) is 82.1 cm³/mol. The quantitative estimate of drug-likeness (QED) is 0.626. The Morgan fingerprint density at radius 3 is 2.57 bits per heavy atom. The lowest BCUT2D eigenvalue weighted by molar-refractivity contribution is -0.385. The first-order chi connectivity index (χ1) is 10.2. The Kier molecular flexibility index (Phi) is 5.40. The summed E-state index contributed by atoms with van der Waals surface area (Å²) < 4.78 is 0. The van der Waals surface area contributed by atoms with E-state index in [4.69, 9.17) is 0 Å². The van der Waals surface area contributed by atoms with Gasteiger partial charge >= 0.3 is 0 Å². The molecule has 2 aromatic rings. The topological polar surface area (TPSA) is 68.1 Å². The number of nitrogens with one attached hydrogen (secondary N) is 1. The van der Waals surface area contributed by atoms with Crippen LogP contribution in [0.15, 0.2) is 48.7 Å². The molecule has 1 heterocycles. The first-order valence-electron chi connectivity index (χ1n) is 7.08. The molecule has 0 aliphatic heterocycles. The molecule has 2 rings (SSSR count). The molecule has 0 bridgehead atoms. The monoisotopic (exact) mass is 285 g/mol. The van der Waals surface area contributed by atoms with Crippen LogP contribution < -0.4 is 5.32 Å². The van der Waals surface area contributed by atoms with Gasteiger partial charge in [0.1, 0.15) is 6.20 Å². The summed E-state index contributed by atoms with van der Waals surface area (Å²) in [7, 11) is 0. The van der Waals surface area contributed by atoms with Gasteiger partial charge in [0.15, 0.2) is 0 Å². The van der Waals surface area contributed by atoms with Crippen molar-refractivity contribution < 1.29 is 4.92 Å². The molecule has 0 aliphatic rings. The number of pyridine rings is 1. The smallest absolute Gasteiger partial charge is 0.287 e. The van der Waals surface area contributed by atoms with Crippen LogP contribution in [0.4, 0.5) is 5.69 Å². The van der Waals surface area contributed by atoms with Crippen LogP contribution in [0.2, 0.25) is 0 Å². The predicted octanol–water partition coefficient (Wildman–Crippen LogP) is 3.27. The number of benzene rings is 1. The summed E-state index contributed by atoms with van der Waals surface area (Å²) in [4.78, 5) is 14.4. The van der Waals surface area contributed by atoms with Crippen LogP contribution in [0.1, 0.15) is 30.6 Å². The summed E-state index contributed by atoms with van der Waals surface area (Å²) in [5, 5.41) is 14.1. The first-order valence-corrected chi connectivity index (χ1v) is 7.08. The molecule has 5 nitrogen and oxygen atoms in total. The van der Waals surface area contributed by atoms with Crippen LogP contribution in [0.3, 0.4) is 0 Å². The minimum Gasteiger partial charge on any atom is -0.310 e. The number of hydrogen-bond donors (Lipinski definition) is 1. The first kappa shape index (κ1) is 15.1. The average Bonchev–Trinajstić information content (AvgIpc) is 2.52. The van der Waals surface area contributed by atoms with Crippen molar-refractivity contribution in [2.45, 2.75) is 25.8 Å². The summed E-state index contributed by atoms with van der Waals surface area (Å²) in [5.41, 5.74) is 2.07. The third-order valence-electron chi connectivity index (χ3n) is 3.28. The maximum atomic E-state index is 10.7. The fourth-order valence-corrected chi connectivity index (χ4v) is 2.17. The normalized spacial score (nSPS) is 12.0. The van der Waals surface area contributed by atoms with Crippen molar-refractivity contribution in [1.82, 2.24) is 10.3 Å². The lowest BCUT2D eigenvalue weighted by Crippen LogP contribution is -2.24. The zero-order valence-electron chi connectivity index (χ0n) is 12.0. The van der Waals surface area contributed by atoms with Crippen LogP contribution in [0, 0.1) is 10.1 Å². The SMILES string of the molecule is CCCNC(Cc1ccc([N+](=O)[O-])cn1)c1ccccc1. The maximum absolute atomic E-state index is 10.7. The highest BCUT2D eigenvalue weighted by molar-refractivity contribution is 5.28. The number of nitrogens with zero attached hydrogens (tertiary/aromatic N) is 2. The second-order valence-corrected chi connectivity index (χ2v) is 4.89. The molecule has 1 aromatic carbocycles. The molecule has 0 radical (unpaired) electrons. The molecule has 110 valence electrons. The highest BCUT2D eigenvalue weighted by atomic mass is 16.6. The van der Waals surface area contributed by atoms with Crippen LogP contribution in [-0.2, 0) is 6.42 Å². The van der Waals surface area contributed by atoms with Gasteiger partial charge in [-0.3, -0.25) is 15.1 Å². The van der Waals surface area contributed by atoms with Gasteiger partial charge in [-0.1, -0.05) is 37.3 Å². The summed E-state index contributed by atoms with van der Waals surface area (Å²) in [6.45, 7) is 3.05. The second-order valence-electron chi connectivity index (χ2n) is 4.89. The Labute approximate surface area is 124 Å². The molecule has 5 heteroatoms. The van der Waals surface area contributed by atoms with Crippen molar-refractivity contribution in [2.24, 2.45) is 0 Å². The molecule has 0 saturated heterocycles. The molecular weight excluding hydrogens is 266 g/mol. The zero-order chi connectivity index (χ0) is 15.1. The molecule has 0 spiro atoms. The Hall–Kier alpha value is -2.27. The summed E-state index contributed by atoms with van der Waals surface area (Å²) in [6, 6.07) is 13.6. The van der Waals surface area contributed by atoms with Gasteiger partial charge in [0, 0.05) is 24.2 Å². The Balaban J connectivity index is 2.12. The molecule has 1 atom stereocenters. The highest BCUT2D eigenvalue weighted by Crippen LogP contribution is 2.18. The third-order valence-corrected chi connectivity index (χ3v) is 3.28. The summed E-state index contributed by atoms with van der Waals surface area (Å²) >= 11 is 0. The molecule has 1 unspecified atom stereocenters. The van der Waals surface area contributed by atoms with Crippen molar-refractivity contribution in [2.75, 3.05) is 6.54 Å². The summed E-state index contributed by atoms with van der Waals surface area (Å²) in [5.74, 6) is 0. The second kappa shape index (κ2) is 7.50. The number of rotatable bonds is 7. The fourth-order valence-electron chi connectivity index (χ4n) is 2.17. The zero-order valence-corrected chi connectivity index (χ0v) is 12.0. The highest BCUT2D eigenvalue weighted by Gasteiger charge is 2.13. The van der Waals surface area contributed by atoms with Gasteiger partial charge in [-0.05, 0) is 24.6 Å². The van der Waals surface area contributed by atoms with Crippen molar-refractivity contribution in [3.63, 3.8) is 0 Å². The van der Waals surface area contributed by atoms with Gasteiger partial charge in [0.05, 0.1) is 4.92 Å². The molecular formula is C16H19N3O2. The molecule has 0 saturated carbocycles. The largest absolute Gasteiger partial charge is 0.310 e. The van der Waals surface area contributed by atoms with E-state index in [1.54, 1.807) is 6.07 Å². The molecule has 0 fully saturated rings. The Morgan fingerprint density at radius 2 is 2.00 bits per heavy atom. The molecule has 1 aromatic heterocycles. The fraction of sp³-hybridized carbons (Fsp3) is 0.312. The van der Waals surface area contributed by atoms with E-state index in [0.717, 1.165) is 18.7 Å². The van der Waals surface area contributed by atoms with Gasteiger partial charge in [-0.15, -0.1) is 0 Å². The molecule has 0 aliphatic carbocycles. The van der Waals surface area contributed by atoms with Crippen LogP contribution in [0.5, 0.6) is 0 Å². The third kappa shape index (κ3) is 4.36. The molecule has 1 N–H and O–H groups in total. The lowest BCUT2D eigenvalue weighted by Gasteiger charge is -2.18. The van der Waals surface area contributed by atoms with Crippen LogP contribution >= 0.6 is 0 Å². The van der Waals surface area contributed by atoms with Gasteiger partial charge in [-0.2, -0.15) is 0 Å². The van der Waals surface area contributed by atoms with Gasteiger partial charge in [0.25, 0.3) is 5.69 Å². The minimum atomic E-state index is -0.430. The van der Waals surface area contributed by atoms with Crippen molar-refractivity contribution in [3.05, 3.63) is 70.0 Å². The van der Waals surface area contributed by atoms with Gasteiger partial charge in [-0.25, -0.2) is 0 Å². The number of nitro groups is 1. The molecule has 0 amide bonds. The average molecular weight is 285 g/mol. The van der Waals surface area contributed by atoms with E-state index < -0.39 is 4.92 Å². The van der Waals surface area contributed by atoms with E-state index in [1.165, 1.54) is 17.8 Å². The van der Waals surface area contributed by atoms with E-state index in [0.29, 0.717) is 6.42 Å². The number of hydrogen-bond acceptors (Lipinski definition) is 4. The van der Waals surface area contributed by atoms with E-state index >= 15 is 0 Å². The Bertz CT molecular complexity index is 570. The Morgan fingerprint density at radius 1 is 1.24 bits per heavy atom.